The summed E-state index contributed by atoms with van der Waals surface area (Å²) in [6, 6.07) is 5.33. The zero-order chi connectivity index (χ0) is 12.3. The predicted octanol–water partition coefficient (Wildman–Crippen LogP) is 2.67. The summed E-state index contributed by atoms with van der Waals surface area (Å²) in [5.74, 6) is 1.17. The Morgan fingerprint density at radius 1 is 1.35 bits per heavy atom. The molecule has 0 spiro atoms. The first kappa shape index (κ1) is 11.4. The van der Waals surface area contributed by atoms with Crippen LogP contribution in [0.1, 0.15) is 24.8 Å². The van der Waals surface area contributed by atoms with E-state index in [9.17, 15) is 8.42 Å². The molecule has 0 N–H and O–H groups in total. The van der Waals surface area contributed by atoms with Crippen LogP contribution >= 0.6 is 10.7 Å². The van der Waals surface area contributed by atoms with Crippen LogP contribution in [-0.2, 0) is 14.5 Å². The third-order valence-corrected chi connectivity index (χ3v) is 5.42. The maximum Gasteiger partial charge on any atom is 0.264 e. The average Bonchev–Trinajstić information content (AvgIpc) is 2.11. The van der Waals surface area contributed by atoms with Crippen molar-refractivity contribution in [3.63, 3.8) is 0 Å². The lowest BCUT2D eigenvalue weighted by Gasteiger charge is -2.62. The van der Waals surface area contributed by atoms with Crippen LogP contribution in [0.2, 0.25) is 0 Å². The van der Waals surface area contributed by atoms with Crippen LogP contribution in [0, 0.1) is 5.92 Å². The lowest BCUT2D eigenvalue weighted by atomic mass is 9.42. The molecule has 2 bridgehead atoms. The first-order chi connectivity index (χ1) is 7.94. The fraction of sp³-hybridized carbons (Fsp3) is 0.500. The highest BCUT2D eigenvalue weighted by Gasteiger charge is 2.57. The number of methoxy groups -OCH3 is 1. The van der Waals surface area contributed by atoms with Crippen molar-refractivity contribution in [2.45, 2.75) is 29.6 Å². The molecular weight excluding hydrogens is 260 g/mol. The summed E-state index contributed by atoms with van der Waals surface area (Å²) in [6.45, 7) is 0. The van der Waals surface area contributed by atoms with Gasteiger partial charge in [-0.25, -0.2) is 8.42 Å². The van der Waals surface area contributed by atoms with Crippen LogP contribution in [0.25, 0.3) is 0 Å². The minimum Gasteiger partial charge on any atom is -0.495 e. The Balaban J connectivity index is 2.08. The molecule has 0 amide bonds. The molecule has 0 aliphatic heterocycles. The van der Waals surface area contributed by atoms with E-state index in [0.717, 1.165) is 11.5 Å². The third kappa shape index (κ3) is 1.58. The fourth-order valence-corrected chi connectivity index (χ4v) is 4.05. The van der Waals surface area contributed by atoms with Gasteiger partial charge in [-0.3, -0.25) is 0 Å². The predicted molar refractivity (Wildman–Crippen MR) is 65.1 cm³/mol. The lowest BCUT2D eigenvalue weighted by molar-refractivity contribution is -0.0275. The van der Waals surface area contributed by atoms with Gasteiger partial charge in [-0.1, -0.05) is 6.07 Å². The minimum atomic E-state index is -3.75. The number of halogens is 1. The molecule has 3 nitrogen and oxygen atoms in total. The van der Waals surface area contributed by atoms with Gasteiger partial charge in [0.2, 0.25) is 0 Å². The summed E-state index contributed by atoms with van der Waals surface area (Å²) in [7, 11) is 3.13. The summed E-state index contributed by atoms with van der Waals surface area (Å²) in [4.78, 5) is 0.0869. The normalized spacial score (nSPS) is 30.4. The number of hydrogen-bond acceptors (Lipinski definition) is 3. The molecule has 92 valence electrons. The molecule has 3 fully saturated rings. The maximum atomic E-state index is 11.5. The summed E-state index contributed by atoms with van der Waals surface area (Å²) < 4.78 is 28.0. The molecule has 0 aromatic heterocycles. The van der Waals surface area contributed by atoms with Crippen LogP contribution in [0.5, 0.6) is 5.75 Å². The quantitative estimate of drug-likeness (QED) is 0.795. The molecule has 4 rings (SSSR count). The van der Waals surface area contributed by atoms with Crippen LogP contribution in [0.3, 0.4) is 0 Å². The van der Waals surface area contributed by atoms with Crippen molar-refractivity contribution in [3.05, 3.63) is 23.8 Å². The van der Waals surface area contributed by atoms with Crippen LogP contribution in [0.4, 0.5) is 0 Å². The molecule has 0 unspecified atom stereocenters. The van der Waals surface area contributed by atoms with Crippen LogP contribution < -0.4 is 4.74 Å². The van der Waals surface area contributed by atoms with E-state index in [4.69, 9.17) is 15.4 Å². The zero-order valence-electron chi connectivity index (χ0n) is 9.44. The second-order valence-corrected chi connectivity index (χ2v) is 7.60. The van der Waals surface area contributed by atoms with Crippen molar-refractivity contribution in [3.8, 4) is 5.75 Å². The molecule has 17 heavy (non-hydrogen) atoms. The van der Waals surface area contributed by atoms with Crippen molar-refractivity contribution in [1.82, 2.24) is 0 Å². The smallest absolute Gasteiger partial charge is 0.264 e. The maximum absolute atomic E-state index is 11.5. The molecule has 1 aromatic carbocycles. The highest BCUT2D eigenvalue weighted by Crippen LogP contribution is 2.65. The number of rotatable bonds is 3. The van der Waals surface area contributed by atoms with Gasteiger partial charge in [0.15, 0.2) is 0 Å². The Kier molecular flexibility index (Phi) is 2.26. The Hall–Kier alpha value is -0.740. The molecule has 0 saturated heterocycles. The van der Waals surface area contributed by atoms with E-state index < -0.39 is 9.05 Å². The summed E-state index contributed by atoms with van der Waals surface area (Å²) in [5.41, 5.74) is 1.31. The number of hydrogen-bond donors (Lipinski definition) is 0. The van der Waals surface area contributed by atoms with Gasteiger partial charge in [-0.05, 0) is 48.3 Å². The molecule has 5 heteroatoms. The first-order valence-corrected chi connectivity index (χ1v) is 7.89. The van der Waals surface area contributed by atoms with E-state index in [0.29, 0.717) is 5.75 Å². The van der Waals surface area contributed by atoms with E-state index >= 15 is 0 Å². The SMILES string of the molecule is COc1ccc(C23CC(C2)C3)cc1S(=O)(=O)Cl. The Morgan fingerprint density at radius 3 is 2.41 bits per heavy atom. The van der Waals surface area contributed by atoms with E-state index in [-0.39, 0.29) is 10.3 Å². The highest BCUT2D eigenvalue weighted by molar-refractivity contribution is 8.13. The van der Waals surface area contributed by atoms with E-state index in [1.54, 1.807) is 12.1 Å². The second kappa shape index (κ2) is 3.39. The third-order valence-electron chi connectivity index (χ3n) is 4.08. The molecule has 0 heterocycles. The van der Waals surface area contributed by atoms with Gasteiger partial charge in [0.1, 0.15) is 10.6 Å². The average molecular weight is 273 g/mol. The van der Waals surface area contributed by atoms with Gasteiger partial charge in [-0.15, -0.1) is 0 Å². The van der Waals surface area contributed by atoms with Gasteiger partial charge in [0, 0.05) is 10.7 Å². The summed E-state index contributed by atoms with van der Waals surface area (Å²) in [6.07, 6.45) is 3.54. The van der Waals surface area contributed by atoms with Crippen molar-refractivity contribution >= 4 is 19.7 Å². The Labute approximate surface area is 105 Å². The summed E-state index contributed by atoms with van der Waals surface area (Å²) in [5, 5.41) is 0. The van der Waals surface area contributed by atoms with Gasteiger partial charge in [0.25, 0.3) is 9.05 Å². The van der Waals surface area contributed by atoms with E-state index in [1.165, 1.54) is 26.4 Å². The first-order valence-electron chi connectivity index (χ1n) is 5.58. The molecule has 1 aromatic rings. The van der Waals surface area contributed by atoms with Crippen LogP contribution in [0.15, 0.2) is 23.1 Å². The van der Waals surface area contributed by atoms with Crippen molar-refractivity contribution < 1.29 is 13.2 Å². The van der Waals surface area contributed by atoms with E-state index in [1.807, 2.05) is 6.07 Å². The number of benzene rings is 1. The molecule has 0 atom stereocenters. The lowest BCUT2D eigenvalue weighted by Crippen LogP contribution is -2.55. The number of ether oxygens (including phenoxy) is 1. The van der Waals surface area contributed by atoms with Gasteiger partial charge in [-0.2, -0.15) is 0 Å². The largest absolute Gasteiger partial charge is 0.495 e. The van der Waals surface area contributed by atoms with Gasteiger partial charge >= 0.3 is 0 Å². The highest BCUT2D eigenvalue weighted by atomic mass is 35.7. The molecule has 3 saturated carbocycles. The molecule has 0 radical (unpaired) electrons. The van der Waals surface area contributed by atoms with Crippen molar-refractivity contribution in [2.75, 3.05) is 7.11 Å². The monoisotopic (exact) mass is 272 g/mol. The standard InChI is InChI=1S/C12H13ClO3S/c1-16-10-3-2-9(4-11(10)17(13,14)15)12-5-8(6-12)7-12/h2-4,8H,5-7H2,1H3. The Bertz CT molecular complexity index is 562. The van der Waals surface area contributed by atoms with Crippen molar-refractivity contribution in [1.29, 1.82) is 0 Å². The Morgan fingerprint density at radius 2 is 2.00 bits per heavy atom. The van der Waals surface area contributed by atoms with Crippen molar-refractivity contribution in [2.24, 2.45) is 5.92 Å². The second-order valence-electron chi connectivity index (χ2n) is 5.06. The fourth-order valence-electron chi connectivity index (χ4n) is 3.03. The van der Waals surface area contributed by atoms with E-state index in [2.05, 4.69) is 0 Å². The van der Waals surface area contributed by atoms with Gasteiger partial charge < -0.3 is 4.74 Å². The van der Waals surface area contributed by atoms with Gasteiger partial charge in [0.05, 0.1) is 7.11 Å². The molecule has 3 aliphatic carbocycles. The molecule has 3 aliphatic rings. The molecular formula is C12H13ClO3S. The topological polar surface area (TPSA) is 43.4 Å². The van der Waals surface area contributed by atoms with Crippen LogP contribution in [-0.4, -0.2) is 15.5 Å². The zero-order valence-corrected chi connectivity index (χ0v) is 11.0. The minimum absolute atomic E-state index is 0.0869. The summed E-state index contributed by atoms with van der Waals surface area (Å²) >= 11 is 0.